The van der Waals surface area contributed by atoms with Crippen molar-refractivity contribution in [3.05, 3.63) is 77.5 Å². The standard InChI is InChI=1S/C16H11F2NO/c17-13-7-6-10(9-14(13)18)16(20)12-3-1-5-15-11(12)4-2-8-19-15/h1-9,16,20H. The van der Waals surface area contributed by atoms with E-state index >= 15 is 0 Å². The fourth-order valence-corrected chi connectivity index (χ4v) is 2.23. The van der Waals surface area contributed by atoms with Crippen molar-refractivity contribution in [2.24, 2.45) is 0 Å². The Labute approximate surface area is 114 Å². The SMILES string of the molecule is OC(c1ccc(F)c(F)c1)c1cccc2ncccc12. The zero-order chi connectivity index (χ0) is 14.1. The van der Waals surface area contributed by atoms with Crippen molar-refractivity contribution < 1.29 is 13.9 Å². The molecule has 3 aromatic rings. The number of aliphatic hydroxyl groups excluding tert-OH is 1. The molecule has 0 bridgehead atoms. The molecule has 3 rings (SSSR count). The van der Waals surface area contributed by atoms with Crippen LogP contribution in [0.1, 0.15) is 17.2 Å². The molecule has 0 aliphatic carbocycles. The molecule has 0 fully saturated rings. The molecule has 1 atom stereocenters. The highest BCUT2D eigenvalue weighted by molar-refractivity contribution is 5.82. The Balaban J connectivity index is 2.12. The van der Waals surface area contributed by atoms with Crippen molar-refractivity contribution in [2.45, 2.75) is 6.10 Å². The molecule has 2 nitrogen and oxygen atoms in total. The Bertz CT molecular complexity index is 768. The molecule has 2 aromatic carbocycles. The Kier molecular flexibility index (Phi) is 3.16. The second-order valence-electron chi connectivity index (χ2n) is 4.49. The van der Waals surface area contributed by atoms with Crippen LogP contribution in [0.2, 0.25) is 0 Å². The molecule has 20 heavy (non-hydrogen) atoms. The van der Waals surface area contributed by atoms with Gasteiger partial charge in [-0.25, -0.2) is 8.78 Å². The zero-order valence-electron chi connectivity index (χ0n) is 10.4. The number of fused-ring (bicyclic) bond motifs is 1. The lowest BCUT2D eigenvalue weighted by Crippen LogP contribution is -2.02. The summed E-state index contributed by atoms with van der Waals surface area (Å²) in [7, 11) is 0. The molecule has 0 amide bonds. The van der Waals surface area contributed by atoms with Gasteiger partial charge in [0.05, 0.1) is 5.52 Å². The lowest BCUT2D eigenvalue weighted by molar-refractivity contribution is 0.221. The summed E-state index contributed by atoms with van der Waals surface area (Å²) in [6.45, 7) is 0. The molecule has 0 saturated heterocycles. The maximum atomic E-state index is 13.3. The first-order valence-electron chi connectivity index (χ1n) is 6.13. The second kappa shape index (κ2) is 4.98. The summed E-state index contributed by atoms with van der Waals surface area (Å²) < 4.78 is 26.2. The van der Waals surface area contributed by atoms with E-state index in [1.165, 1.54) is 6.07 Å². The third-order valence-electron chi connectivity index (χ3n) is 3.23. The van der Waals surface area contributed by atoms with Gasteiger partial charge in [0, 0.05) is 11.6 Å². The van der Waals surface area contributed by atoms with E-state index in [4.69, 9.17) is 0 Å². The monoisotopic (exact) mass is 271 g/mol. The Morgan fingerprint density at radius 3 is 2.60 bits per heavy atom. The number of benzene rings is 2. The zero-order valence-corrected chi connectivity index (χ0v) is 10.4. The van der Waals surface area contributed by atoms with Gasteiger partial charge in [-0.2, -0.15) is 0 Å². The molecular weight excluding hydrogens is 260 g/mol. The van der Waals surface area contributed by atoms with E-state index in [-0.39, 0.29) is 0 Å². The van der Waals surface area contributed by atoms with Gasteiger partial charge in [0.25, 0.3) is 0 Å². The number of aliphatic hydroxyl groups is 1. The number of aromatic nitrogens is 1. The Morgan fingerprint density at radius 2 is 1.80 bits per heavy atom. The minimum atomic E-state index is -1.03. The summed E-state index contributed by atoms with van der Waals surface area (Å²) in [5.41, 5.74) is 1.66. The van der Waals surface area contributed by atoms with Gasteiger partial charge in [-0.05, 0) is 35.4 Å². The number of rotatable bonds is 2. The maximum Gasteiger partial charge on any atom is 0.159 e. The largest absolute Gasteiger partial charge is 0.384 e. The van der Waals surface area contributed by atoms with Crippen molar-refractivity contribution in [1.29, 1.82) is 0 Å². The number of nitrogens with zero attached hydrogens (tertiary/aromatic N) is 1. The first-order chi connectivity index (χ1) is 9.66. The third kappa shape index (κ3) is 2.14. The molecule has 1 heterocycles. The first-order valence-corrected chi connectivity index (χ1v) is 6.13. The molecule has 0 aliphatic heterocycles. The van der Waals surface area contributed by atoms with Gasteiger partial charge in [-0.1, -0.05) is 24.3 Å². The van der Waals surface area contributed by atoms with Crippen molar-refractivity contribution in [3.63, 3.8) is 0 Å². The fourth-order valence-electron chi connectivity index (χ4n) is 2.23. The van der Waals surface area contributed by atoms with Gasteiger partial charge in [-0.15, -0.1) is 0 Å². The highest BCUT2D eigenvalue weighted by atomic mass is 19.2. The van der Waals surface area contributed by atoms with Crippen LogP contribution in [0.25, 0.3) is 10.9 Å². The maximum absolute atomic E-state index is 13.3. The lowest BCUT2D eigenvalue weighted by Gasteiger charge is -2.14. The lowest BCUT2D eigenvalue weighted by atomic mass is 9.97. The molecule has 100 valence electrons. The van der Waals surface area contributed by atoms with Gasteiger partial charge in [0.15, 0.2) is 11.6 Å². The predicted molar refractivity (Wildman–Crippen MR) is 72.2 cm³/mol. The van der Waals surface area contributed by atoms with Gasteiger partial charge in [0.1, 0.15) is 6.10 Å². The van der Waals surface area contributed by atoms with Gasteiger partial charge in [-0.3, -0.25) is 4.98 Å². The van der Waals surface area contributed by atoms with E-state index in [0.717, 1.165) is 23.0 Å². The molecule has 1 unspecified atom stereocenters. The van der Waals surface area contributed by atoms with E-state index in [0.29, 0.717) is 11.1 Å². The average molecular weight is 271 g/mol. The number of hydrogen-bond donors (Lipinski definition) is 1. The minimum Gasteiger partial charge on any atom is -0.384 e. The number of pyridine rings is 1. The molecule has 0 spiro atoms. The summed E-state index contributed by atoms with van der Waals surface area (Å²) in [6.07, 6.45) is 0.633. The normalized spacial score (nSPS) is 12.6. The molecule has 0 saturated carbocycles. The van der Waals surface area contributed by atoms with Gasteiger partial charge < -0.3 is 5.11 Å². The van der Waals surface area contributed by atoms with Crippen molar-refractivity contribution in [1.82, 2.24) is 4.98 Å². The van der Waals surface area contributed by atoms with Crippen molar-refractivity contribution >= 4 is 10.9 Å². The number of hydrogen-bond acceptors (Lipinski definition) is 2. The predicted octanol–water partition coefficient (Wildman–Crippen LogP) is 3.59. The first kappa shape index (κ1) is 12.7. The molecule has 4 heteroatoms. The number of halogens is 2. The van der Waals surface area contributed by atoms with E-state index in [2.05, 4.69) is 4.98 Å². The van der Waals surface area contributed by atoms with Crippen molar-refractivity contribution in [3.8, 4) is 0 Å². The summed E-state index contributed by atoms with van der Waals surface area (Å²) in [4.78, 5) is 4.20. The van der Waals surface area contributed by atoms with Crippen LogP contribution in [0.5, 0.6) is 0 Å². The summed E-state index contributed by atoms with van der Waals surface area (Å²) in [5.74, 6) is -1.90. The summed E-state index contributed by atoms with van der Waals surface area (Å²) >= 11 is 0. The van der Waals surface area contributed by atoms with Crippen LogP contribution in [-0.4, -0.2) is 10.1 Å². The smallest absolute Gasteiger partial charge is 0.159 e. The summed E-state index contributed by atoms with van der Waals surface area (Å²) in [6, 6.07) is 12.3. The van der Waals surface area contributed by atoms with Crippen LogP contribution in [-0.2, 0) is 0 Å². The van der Waals surface area contributed by atoms with Gasteiger partial charge >= 0.3 is 0 Å². The molecule has 0 aliphatic rings. The van der Waals surface area contributed by atoms with Crippen LogP contribution >= 0.6 is 0 Å². The van der Waals surface area contributed by atoms with E-state index in [9.17, 15) is 13.9 Å². The van der Waals surface area contributed by atoms with E-state index in [1.54, 1.807) is 24.4 Å². The molecule has 1 N–H and O–H groups in total. The molecule has 1 aromatic heterocycles. The third-order valence-corrected chi connectivity index (χ3v) is 3.23. The van der Waals surface area contributed by atoms with E-state index in [1.807, 2.05) is 12.1 Å². The fraction of sp³-hybridized carbons (Fsp3) is 0.0625. The second-order valence-corrected chi connectivity index (χ2v) is 4.49. The highest BCUT2D eigenvalue weighted by Gasteiger charge is 2.15. The molecule has 0 radical (unpaired) electrons. The Morgan fingerprint density at radius 1 is 0.950 bits per heavy atom. The van der Waals surface area contributed by atoms with Crippen LogP contribution in [0, 0.1) is 11.6 Å². The van der Waals surface area contributed by atoms with Crippen LogP contribution in [0.3, 0.4) is 0 Å². The topological polar surface area (TPSA) is 33.1 Å². The minimum absolute atomic E-state index is 0.306. The van der Waals surface area contributed by atoms with Crippen LogP contribution in [0.15, 0.2) is 54.7 Å². The van der Waals surface area contributed by atoms with Crippen molar-refractivity contribution in [2.75, 3.05) is 0 Å². The quantitative estimate of drug-likeness (QED) is 0.772. The molecular formula is C16H11F2NO. The van der Waals surface area contributed by atoms with E-state index < -0.39 is 17.7 Å². The van der Waals surface area contributed by atoms with Gasteiger partial charge in [0.2, 0.25) is 0 Å². The average Bonchev–Trinajstić information content (AvgIpc) is 2.49. The Hall–Kier alpha value is -2.33. The highest BCUT2D eigenvalue weighted by Crippen LogP contribution is 2.28. The van der Waals surface area contributed by atoms with Crippen LogP contribution in [0.4, 0.5) is 8.78 Å². The van der Waals surface area contributed by atoms with Crippen LogP contribution < -0.4 is 0 Å². The summed E-state index contributed by atoms with van der Waals surface area (Å²) in [5, 5.41) is 11.2.